The van der Waals surface area contributed by atoms with Crippen LogP contribution in [-0.2, 0) is 4.74 Å². The number of halogens is 1. The van der Waals surface area contributed by atoms with Gasteiger partial charge in [-0.3, -0.25) is 4.79 Å². The van der Waals surface area contributed by atoms with Gasteiger partial charge < -0.3 is 19.9 Å². The zero-order valence-corrected chi connectivity index (χ0v) is 12.2. The molecule has 1 aromatic rings. The Labute approximate surface area is 121 Å². The van der Waals surface area contributed by atoms with Crippen LogP contribution in [0.15, 0.2) is 24.3 Å². The minimum Gasteiger partial charge on any atom is -0.493 e. The molecule has 1 aromatic carbocycles. The molecular formula is C13H18BrNO4. The molecule has 0 fully saturated rings. The van der Waals surface area contributed by atoms with E-state index in [0.717, 1.165) is 5.33 Å². The van der Waals surface area contributed by atoms with Crippen molar-refractivity contribution < 1.29 is 19.4 Å². The molecule has 0 aromatic heterocycles. The van der Waals surface area contributed by atoms with Crippen LogP contribution in [0, 0.1) is 0 Å². The Hall–Kier alpha value is -1.11. The molecule has 0 atom stereocenters. The standard InChI is InChI=1S/C13H18BrNO4/c14-4-7-19-12-3-1-2-11(10-12)13(17)15-5-8-18-9-6-16/h1-3,10,16H,4-9H2,(H,15,17). The normalized spacial score (nSPS) is 10.2. The van der Waals surface area contributed by atoms with Crippen molar-refractivity contribution in [2.24, 2.45) is 0 Å². The molecule has 0 aliphatic heterocycles. The molecule has 5 nitrogen and oxygen atoms in total. The maximum atomic E-state index is 11.8. The first-order valence-corrected chi connectivity index (χ1v) is 7.15. The number of carbonyl (C=O) groups is 1. The Morgan fingerprint density at radius 3 is 2.89 bits per heavy atom. The summed E-state index contributed by atoms with van der Waals surface area (Å²) in [6, 6.07) is 7.02. The van der Waals surface area contributed by atoms with Gasteiger partial charge in [0.05, 0.1) is 26.4 Å². The number of hydrogen-bond acceptors (Lipinski definition) is 4. The van der Waals surface area contributed by atoms with E-state index in [2.05, 4.69) is 21.2 Å². The highest BCUT2D eigenvalue weighted by Crippen LogP contribution is 2.13. The average molecular weight is 332 g/mol. The molecule has 106 valence electrons. The van der Waals surface area contributed by atoms with Gasteiger partial charge in [-0.15, -0.1) is 0 Å². The summed E-state index contributed by atoms with van der Waals surface area (Å²) in [5, 5.41) is 12.0. The third-order valence-electron chi connectivity index (χ3n) is 2.21. The number of nitrogens with one attached hydrogen (secondary N) is 1. The van der Waals surface area contributed by atoms with E-state index < -0.39 is 0 Å². The van der Waals surface area contributed by atoms with Gasteiger partial charge in [0.1, 0.15) is 5.75 Å². The van der Waals surface area contributed by atoms with Gasteiger partial charge in [0, 0.05) is 17.4 Å². The fourth-order valence-electron chi connectivity index (χ4n) is 1.39. The quantitative estimate of drug-likeness (QED) is 0.527. The Balaban J connectivity index is 2.38. The van der Waals surface area contributed by atoms with Crippen LogP contribution in [-0.4, -0.2) is 49.3 Å². The second kappa shape index (κ2) is 9.77. The van der Waals surface area contributed by atoms with Gasteiger partial charge in [-0.05, 0) is 18.2 Å². The molecule has 0 aliphatic rings. The van der Waals surface area contributed by atoms with E-state index in [-0.39, 0.29) is 19.1 Å². The molecule has 1 amide bonds. The lowest BCUT2D eigenvalue weighted by Crippen LogP contribution is -2.27. The van der Waals surface area contributed by atoms with Crippen LogP contribution in [0.1, 0.15) is 10.4 Å². The summed E-state index contributed by atoms with van der Waals surface area (Å²) >= 11 is 3.27. The number of amides is 1. The monoisotopic (exact) mass is 331 g/mol. The molecule has 0 heterocycles. The zero-order valence-electron chi connectivity index (χ0n) is 10.6. The van der Waals surface area contributed by atoms with Crippen LogP contribution in [0.3, 0.4) is 0 Å². The van der Waals surface area contributed by atoms with Crippen LogP contribution in [0.2, 0.25) is 0 Å². The van der Waals surface area contributed by atoms with Crippen molar-refractivity contribution in [3.63, 3.8) is 0 Å². The summed E-state index contributed by atoms with van der Waals surface area (Å²) in [6.07, 6.45) is 0. The van der Waals surface area contributed by atoms with Crippen molar-refractivity contribution >= 4 is 21.8 Å². The van der Waals surface area contributed by atoms with Gasteiger partial charge in [0.25, 0.3) is 5.91 Å². The van der Waals surface area contributed by atoms with Crippen molar-refractivity contribution in [2.75, 3.05) is 38.3 Å². The fraction of sp³-hybridized carbons (Fsp3) is 0.462. The van der Waals surface area contributed by atoms with Gasteiger partial charge >= 0.3 is 0 Å². The number of alkyl halides is 1. The van der Waals surface area contributed by atoms with Crippen molar-refractivity contribution in [1.29, 1.82) is 0 Å². The Morgan fingerprint density at radius 1 is 1.32 bits per heavy atom. The summed E-state index contributed by atoms with van der Waals surface area (Å²) in [4.78, 5) is 11.8. The van der Waals surface area contributed by atoms with Crippen LogP contribution >= 0.6 is 15.9 Å². The van der Waals surface area contributed by atoms with Crippen LogP contribution in [0.4, 0.5) is 0 Å². The SMILES string of the molecule is O=C(NCCOCCO)c1cccc(OCCBr)c1. The maximum Gasteiger partial charge on any atom is 0.251 e. The molecular weight excluding hydrogens is 314 g/mol. The average Bonchev–Trinajstić information content (AvgIpc) is 2.45. The van der Waals surface area contributed by atoms with Crippen LogP contribution < -0.4 is 10.1 Å². The molecule has 2 N–H and O–H groups in total. The molecule has 0 saturated carbocycles. The number of rotatable bonds is 9. The van der Waals surface area contributed by atoms with E-state index in [4.69, 9.17) is 14.6 Å². The molecule has 1 rings (SSSR count). The van der Waals surface area contributed by atoms with Crippen molar-refractivity contribution in [3.8, 4) is 5.75 Å². The maximum absolute atomic E-state index is 11.8. The Bertz CT molecular complexity index is 387. The van der Waals surface area contributed by atoms with E-state index in [1.807, 2.05) is 6.07 Å². The lowest BCUT2D eigenvalue weighted by atomic mass is 10.2. The summed E-state index contributed by atoms with van der Waals surface area (Å²) in [5.74, 6) is 0.500. The van der Waals surface area contributed by atoms with Gasteiger partial charge in [0.2, 0.25) is 0 Å². The van der Waals surface area contributed by atoms with Gasteiger partial charge in [-0.25, -0.2) is 0 Å². The van der Waals surface area contributed by atoms with Crippen molar-refractivity contribution in [2.45, 2.75) is 0 Å². The second-order valence-corrected chi connectivity index (χ2v) is 4.45. The number of aliphatic hydroxyl groups excluding tert-OH is 1. The van der Waals surface area contributed by atoms with Gasteiger partial charge in [-0.1, -0.05) is 22.0 Å². The summed E-state index contributed by atoms with van der Waals surface area (Å²) < 4.78 is 10.5. The van der Waals surface area contributed by atoms with Gasteiger partial charge in [-0.2, -0.15) is 0 Å². The van der Waals surface area contributed by atoms with E-state index in [1.54, 1.807) is 18.2 Å². The van der Waals surface area contributed by atoms with E-state index in [9.17, 15) is 4.79 Å². The molecule has 19 heavy (non-hydrogen) atoms. The Kier molecular flexibility index (Phi) is 8.20. The summed E-state index contributed by atoms with van der Waals surface area (Å²) in [5.41, 5.74) is 0.550. The minimum atomic E-state index is -0.170. The zero-order chi connectivity index (χ0) is 13.9. The number of ether oxygens (including phenoxy) is 2. The largest absolute Gasteiger partial charge is 0.493 e. The fourth-order valence-corrected chi connectivity index (χ4v) is 1.55. The second-order valence-electron chi connectivity index (χ2n) is 3.66. The van der Waals surface area contributed by atoms with E-state index in [1.165, 1.54) is 0 Å². The molecule has 0 unspecified atom stereocenters. The number of carbonyl (C=O) groups excluding carboxylic acids is 1. The molecule has 0 saturated heterocycles. The molecule has 0 spiro atoms. The van der Waals surface area contributed by atoms with E-state index in [0.29, 0.717) is 31.1 Å². The molecule has 0 radical (unpaired) electrons. The highest BCUT2D eigenvalue weighted by Gasteiger charge is 2.05. The van der Waals surface area contributed by atoms with Crippen LogP contribution in [0.25, 0.3) is 0 Å². The third-order valence-corrected chi connectivity index (χ3v) is 2.53. The van der Waals surface area contributed by atoms with Crippen molar-refractivity contribution in [3.05, 3.63) is 29.8 Å². The van der Waals surface area contributed by atoms with Crippen LogP contribution in [0.5, 0.6) is 5.75 Å². The lowest BCUT2D eigenvalue weighted by Gasteiger charge is -2.08. The topological polar surface area (TPSA) is 67.8 Å². The summed E-state index contributed by atoms with van der Waals surface area (Å²) in [6.45, 7) is 1.62. The van der Waals surface area contributed by atoms with Gasteiger partial charge in [0.15, 0.2) is 0 Å². The first-order chi connectivity index (χ1) is 9.27. The predicted molar refractivity (Wildman–Crippen MR) is 76.0 cm³/mol. The van der Waals surface area contributed by atoms with Crippen molar-refractivity contribution in [1.82, 2.24) is 5.32 Å². The Morgan fingerprint density at radius 2 is 2.16 bits per heavy atom. The van der Waals surface area contributed by atoms with E-state index >= 15 is 0 Å². The summed E-state index contributed by atoms with van der Waals surface area (Å²) in [7, 11) is 0. The smallest absolute Gasteiger partial charge is 0.251 e. The molecule has 0 aliphatic carbocycles. The first-order valence-electron chi connectivity index (χ1n) is 6.03. The number of aliphatic hydroxyl groups is 1. The first kappa shape index (κ1) is 15.9. The number of benzene rings is 1. The predicted octanol–water partition coefficient (Wildman–Crippen LogP) is 1.20. The lowest BCUT2D eigenvalue weighted by molar-refractivity contribution is 0.0838. The highest BCUT2D eigenvalue weighted by atomic mass is 79.9. The highest BCUT2D eigenvalue weighted by molar-refractivity contribution is 9.09. The molecule has 6 heteroatoms. The minimum absolute atomic E-state index is 0.0130. The third kappa shape index (κ3) is 6.56. The molecule has 0 bridgehead atoms. The number of hydrogen-bond donors (Lipinski definition) is 2.